The molecule has 0 heterocycles. The number of carbonyl (C=O) groups is 1. The van der Waals surface area contributed by atoms with Gasteiger partial charge in [0.2, 0.25) is 0 Å². The zero-order chi connectivity index (χ0) is 14.3. The summed E-state index contributed by atoms with van der Waals surface area (Å²) in [5.41, 5.74) is -2.05. The largest absolute Gasteiger partial charge is 0.483 e. The zero-order valence-electron chi connectivity index (χ0n) is 8.46. The molecule has 0 atom stereocenters. The van der Waals surface area contributed by atoms with E-state index in [4.69, 9.17) is 9.90 Å². The molecule has 0 saturated heterocycles. The highest BCUT2D eigenvalue weighted by molar-refractivity contribution is 5.52. The molecule has 1 aromatic rings. The molecule has 0 bridgehead atoms. The van der Waals surface area contributed by atoms with Gasteiger partial charge < -0.3 is 5.11 Å². The number of nitrogens with zero attached hydrogens (tertiary/aromatic N) is 3. The Kier molecular flexibility index (Phi) is 5.35. The Morgan fingerprint density at radius 1 is 0.833 bits per heavy atom. The molecule has 0 saturated carbocycles. The van der Waals surface area contributed by atoms with Crippen LogP contribution in [0.1, 0.15) is 0 Å². The highest BCUT2D eigenvalue weighted by Gasteiger charge is 2.21. The minimum absolute atomic E-state index is 0.250. The number of hydrogen-bond acceptors (Lipinski definition) is 7. The second-order valence-electron chi connectivity index (χ2n) is 2.58. The maximum Gasteiger partial charge on any atom is 0.290 e. The second-order valence-corrected chi connectivity index (χ2v) is 2.58. The fourth-order valence-corrected chi connectivity index (χ4v) is 0.896. The lowest BCUT2D eigenvalue weighted by atomic mass is 10.2. The first-order chi connectivity index (χ1) is 8.33. The first kappa shape index (κ1) is 14.9. The average molecular weight is 259 g/mol. The van der Waals surface area contributed by atoms with Crippen LogP contribution in [-0.4, -0.2) is 26.3 Å². The van der Waals surface area contributed by atoms with Crippen molar-refractivity contribution in [3.8, 4) is 0 Å². The van der Waals surface area contributed by atoms with Gasteiger partial charge in [-0.05, 0) is 0 Å². The third-order valence-corrected chi connectivity index (χ3v) is 1.52. The Labute approximate surface area is 97.7 Å². The van der Waals surface area contributed by atoms with Crippen LogP contribution in [0, 0.1) is 30.3 Å². The minimum Gasteiger partial charge on any atom is -0.483 e. The molecule has 11 nitrogen and oxygen atoms in total. The van der Waals surface area contributed by atoms with E-state index < -0.39 is 31.8 Å². The molecule has 0 unspecified atom stereocenters. The van der Waals surface area contributed by atoms with Crippen molar-refractivity contribution in [2.24, 2.45) is 0 Å². The minimum atomic E-state index is -0.931. The Morgan fingerprint density at radius 3 is 1.11 bits per heavy atom. The summed E-state index contributed by atoms with van der Waals surface area (Å²) in [6.45, 7) is -0.250. The van der Waals surface area contributed by atoms with Gasteiger partial charge in [0, 0.05) is 0 Å². The van der Waals surface area contributed by atoms with Crippen LogP contribution in [0.5, 0.6) is 0 Å². The number of carboxylic acid groups (broad SMARTS) is 1. The average Bonchev–Trinajstić information content (AvgIpc) is 2.29. The van der Waals surface area contributed by atoms with Crippen molar-refractivity contribution in [2.75, 3.05) is 0 Å². The van der Waals surface area contributed by atoms with Gasteiger partial charge >= 0.3 is 0 Å². The van der Waals surface area contributed by atoms with Crippen LogP contribution in [-0.2, 0) is 4.79 Å². The first-order valence-electron chi connectivity index (χ1n) is 3.99. The molecule has 96 valence electrons. The van der Waals surface area contributed by atoms with E-state index in [9.17, 15) is 30.3 Å². The predicted molar refractivity (Wildman–Crippen MR) is 55.1 cm³/mol. The van der Waals surface area contributed by atoms with Gasteiger partial charge in [0.25, 0.3) is 23.5 Å². The van der Waals surface area contributed by atoms with E-state index in [0.717, 1.165) is 0 Å². The molecule has 0 amide bonds. The Hall–Kier alpha value is -3.11. The monoisotopic (exact) mass is 259 g/mol. The van der Waals surface area contributed by atoms with E-state index in [-0.39, 0.29) is 6.47 Å². The molecular formula is C7H5N3O8. The van der Waals surface area contributed by atoms with E-state index in [1.807, 2.05) is 0 Å². The van der Waals surface area contributed by atoms with Crippen molar-refractivity contribution in [1.82, 2.24) is 0 Å². The van der Waals surface area contributed by atoms with E-state index in [1.54, 1.807) is 0 Å². The molecule has 0 aliphatic rings. The highest BCUT2D eigenvalue weighted by Crippen LogP contribution is 2.26. The van der Waals surface area contributed by atoms with Crippen molar-refractivity contribution in [2.45, 2.75) is 0 Å². The van der Waals surface area contributed by atoms with Crippen molar-refractivity contribution in [1.29, 1.82) is 0 Å². The molecule has 0 radical (unpaired) electrons. The number of rotatable bonds is 3. The number of nitro benzene ring substituents is 3. The van der Waals surface area contributed by atoms with Crippen LogP contribution < -0.4 is 0 Å². The van der Waals surface area contributed by atoms with Gasteiger partial charge in [-0.1, -0.05) is 0 Å². The summed E-state index contributed by atoms with van der Waals surface area (Å²) in [5.74, 6) is 0. The summed E-state index contributed by atoms with van der Waals surface area (Å²) < 4.78 is 0. The van der Waals surface area contributed by atoms with Crippen molar-refractivity contribution < 1.29 is 24.7 Å². The van der Waals surface area contributed by atoms with Gasteiger partial charge in [-0.2, -0.15) is 0 Å². The lowest BCUT2D eigenvalue weighted by Gasteiger charge is -1.93. The fourth-order valence-electron chi connectivity index (χ4n) is 0.896. The van der Waals surface area contributed by atoms with Crippen LogP contribution in [0.3, 0.4) is 0 Å². The van der Waals surface area contributed by atoms with E-state index in [0.29, 0.717) is 18.2 Å². The number of nitro groups is 3. The molecule has 0 aliphatic carbocycles. The molecule has 0 fully saturated rings. The Bertz CT molecular complexity index is 420. The third-order valence-electron chi connectivity index (χ3n) is 1.52. The summed E-state index contributed by atoms with van der Waals surface area (Å²) in [4.78, 5) is 36.5. The quantitative estimate of drug-likeness (QED) is 0.478. The van der Waals surface area contributed by atoms with Crippen LogP contribution >= 0.6 is 0 Å². The number of non-ortho nitro benzene ring substituents is 3. The predicted octanol–water partition coefficient (Wildman–Crippen LogP) is 1.11. The summed E-state index contributed by atoms with van der Waals surface area (Å²) in [5, 5.41) is 37.8. The van der Waals surface area contributed by atoms with Crippen molar-refractivity contribution in [3.05, 3.63) is 48.5 Å². The summed E-state index contributed by atoms with van der Waals surface area (Å²) in [6, 6.07) is 1.98. The van der Waals surface area contributed by atoms with Crippen LogP contribution in [0.2, 0.25) is 0 Å². The van der Waals surface area contributed by atoms with E-state index in [2.05, 4.69) is 0 Å². The van der Waals surface area contributed by atoms with Crippen LogP contribution in [0.15, 0.2) is 18.2 Å². The van der Waals surface area contributed by atoms with Gasteiger partial charge in [0.05, 0.1) is 33.0 Å². The standard InChI is InChI=1S/C6H3N3O6.CH2O2/c10-7(11)4-1-5(8(12)13)3-6(2-4)9(14)15;2-1-3/h1-3H;1H,(H,2,3). The van der Waals surface area contributed by atoms with Gasteiger partial charge in [0.15, 0.2) is 0 Å². The molecule has 11 heteroatoms. The molecular weight excluding hydrogens is 254 g/mol. The maximum atomic E-state index is 10.3. The molecule has 1 N–H and O–H groups in total. The molecule has 1 rings (SSSR count). The molecule has 0 spiro atoms. The molecule has 1 aromatic carbocycles. The van der Waals surface area contributed by atoms with E-state index >= 15 is 0 Å². The third kappa shape index (κ3) is 4.18. The summed E-state index contributed by atoms with van der Waals surface area (Å²) in [6.07, 6.45) is 0. The number of hydrogen-bond donors (Lipinski definition) is 1. The van der Waals surface area contributed by atoms with Crippen LogP contribution in [0.25, 0.3) is 0 Å². The lowest BCUT2D eigenvalue weighted by Crippen LogP contribution is -1.96. The van der Waals surface area contributed by atoms with Gasteiger partial charge in [0.1, 0.15) is 0 Å². The Morgan fingerprint density at radius 2 is 1.00 bits per heavy atom. The van der Waals surface area contributed by atoms with Crippen LogP contribution in [0.4, 0.5) is 17.1 Å². The van der Waals surface area contributed by atoms with Gasteiger partial charge in [-0.15, -0.1) is 0 Å². The first-order valence-corrected chi connectivity index (χ1v) is 3.99. The van der Waals surface area contributed by atoms with Gasteiger partial charge in [-0.25, -0.2) is 0 Å². The van der Waals surface area contributed by atoms with Gasteiger partial charge in [-0.3, -0.25) is 35.1 Å². The highest BCUT2D eigenvalue weighted by atomic mass is 16.6. The topological polar surface area (TPSA) is 167 Å². The SMILES string of the molecule is O=CO.O=[N+]([O-])c1cc([N+](=O)[O-])cc([N+](=O)[O-])c1. The van der Waals surface area contributed by atoms with Crippen molar-refractivity contribution in [3.63, 3.8) is 0 Å². The second kappa shape index (κ2) is 6.47. The number of benzene rings is 1. The summed E-state index contributed by atoms with van der Waals surface area (Å²) in [7, 11) is 0. The normalized spacial score (nSPS) is 8.67. The zero-order valence-corrected chi connectivity index (χ0v) is 8.46. The Balaban J connectivity index is 0.000000873. The smallest absolute Gasteiger partial charge is 0.290 e. The summed E-state index contributed by atoms with van der Waals surface area (Å²) >= 11 is 0. The fraction of sp³-hybridized carbons (Fsp3) is 0. The molecule has 0 aromatic heterocycles. The van der Waals surface area contributed by atoms with Crippen molar-refractivity contribution >= 4 is 23.5 Å². The lowest BCUT2D eigenvalue weighted by molar-refractivity contribution is -0.403. The maximum absolute atomic E-state index is 10.3. The molecule has 0 aliphatic heterocycles. The molecule has 18 heavy (non-hydrogen) atoms. The van der Waals surface area contributed by atoms with E-state index in [1.165, 1.54) is 0 Å².